The molecule has 1 atom stereocenters. The summed E-state index contributed by atoms with van der Waals surface area (Å²) in [6, 6.07) is 5.68. The van der Waals surface area contributed by atoms with Crippen molar-refractivity contribution in [3.8, 4) is 0 Å². The molecule has 0 unspecified atom stereocenters. The van der Waals surface area contributed by atoms with E-state index in [4.69, 9.17) is 4.74 Å². The quantitative estimate of drug-likeness (QED) is 0.597. The van der Waals surface area contributed by atoms with Gasteiger partial charge in [0.25, 0.3) is 0 Å². The number of aromatic nitrogens is 3. The number of thioether (sulfide) groups is 1. The van der Waals surface area contributed by atoms with Crippen molar-refractivity contribution in [3.05, 3.63) is 35.9 Å². The van der Waals surface area contributed by atoms with E-state index in [1.54, 1.807) is 31.5 Å². The van der Waals surface area contributed by atoms with Gasteiger partial charge in [-0.15, -0.1) is 10.2 Å². The molecular formula is C16H19FN4O3S. The second kappa shape index (κ2) is 8.61. The van der Waals surface area contributed by atoms with Gasteiger partial charge in [-0.2, -0.15) is 0 Å². The Hall–Kier alpha value is -2.42. The van der Waals surface area contributed by atoms with E-state index in [1.165, 1.54) is 30.0 Å². The highest BCUT2D eigenvalue weighted by Gasteiger charge is 2.20. The number of nitrogens with zero attached hydrogens (tertiary/aromatic N) is 3. The normalized spacial score (nSPS) is 11.8. The van der Waals surface area contributed by atoms with E-state index in [-0.39, 0.29) is 18.3 Å². The van der Waals surface area contributed by atoms with Crippen molar-refractivity contribution in [1.29, 1.82) is 0 Å². The van der Waals surface area contributed by atoms with E-state index >= 15 is 0 Å². The van der Waals surface area contributed by atoms with Gasteiger partial charge in [-0.25, -0.2) is 4.39 Å². The molecule has 0 bridgehead atoms. The maximum absolute atomic E-state index is 13.2. The molecule has 7 nitrogen and oxygen atoms in total. The molecule has 2 aromatic rings. The maximum atomic E-state index is 13.2. The van der Waals surface area contributed by atoms with Crippen LogP contribution in [-0.2, 0) is 27.8 Å². The van der Waals surface area contributed by atoms with Crippen molar-refractivity contribution in [3.63, 3.8) is 0 Å². The molecule has 134 valence electrons. The van der Waals surface area contributed by atoms with E-state index in [2.05, 4.69) is 15.5 Å². The highest BCUT2D eigenvalue weighted by atomic mass is 32.2. The molecular weight excluding hydrogens is 347 g/mol. The first kappa shape index (κ1) is 18.9. The number of rotatable bonds is 7. The molecule has 1 N–H and O–H groups in total. The summed E-state index contributed by atoms with van der Waals surface area (Å²) in [6.45, 7) is 3.74. The molecule has 0 radical (unpaired) electrons. The number of hydrogen-bond acceptors (Lipinski definition) is 6. The predicted molar refractivity (Wildman–Crippen MR) is 91.7 cm³/mol. The van der Waals surface area contributed by atoms with E-state index in [9.17, 15) is 14.0 Å². The van der Waals surface area contributed by atoms with Gasteiger partial charge in [0.1, 0.15) is 18.1 Å². The summed E-state index contributed by atoms with van der Waals surface area (Å²) in [7, 11) is 1.72. The Labute approximate surface area is 149 Å². The van der Waals surface area contributed by atoms with Gasteiger partial charge < -0.3 is 14.6 Å². The van der Waals surface area contributed by atoms with Crippen molar-refractivity contribution in [2.45, 2.75) is 30.7 Å². The topological polar surface area (TPSA) is 86.1 Å². The zero-order valence-electron chi connectivity index (χ0n) is 14.2. The number of carbonyl (C=O) groups is 2. The van der Waals surface area contributed by atoms with Crippen molar-refractivity contribution in [2.24, 2.45) is 7.05 Å². The average Bonchev–Trinajstić information content (AvgIpc) is 2.88. The Morgan fingerprint density at radius 1 is 1.40 bits per heavy atom. The minimum absolute atomic E-state index is 0.0156. The molecule has 1 amide bonds. The summed E-state index contributed by atoms with van der Waals surface area (Å²) in [5, 5.41) is 10.6. The average molecular weight is 366 g/mol. The lowest BCUT2D eigenvalue weighted by Crippen LogP contribution is -2.23. The fraction of sp³-hybridized carbons (Fsp3) is 0.375. The zero-order chi connectivity index (χ0) is 18.4. The number of hydrogen-bond donors (Lipinski definition) is 1. The van der Waals surface area contributed by atoms with Crippen LogP contribution in [0.1, 0.15) is 19.7 Å². The van der Waals surface area contributed by atoms with Crippen molar-refractivity contribution in [2.75, 3.05) is 11.9 Å². The van der Waals surface area contributed by atoms with E-state index in [1.807, 2.05) is 0 Å². The van der Waals surface area contributed by atoms with Gasteiger partial charge in [0.15, 0.2) is 5.16 Å². The Bertz CT molecular complexity index is 766. The zero-order valence-corrected chi connectivity index (χ0v) is 15.0. The molecule has 0 aliphatic carbocycles. The molecule has 0 saturated carbocycles. The number of ether oxygens (including phenoxy) is 1. The molecule has 1 heterocycles. The smallest absolute Gasteiger partial charge is 0.313 e. The molecule has 25 heavy (non-hydrogen) atoms. The Morgan fingerprint density at radius 2 is 2.16 bits per heavy atom. The van der Waals surface area contributed by atoms with Gasteiger partial charge in [0, 0.05) is 12.7 Å². The van der Waals surface area contributed by atoms with Crippen molar-refractivity contribution in [1.82, 2.24) is 14.8 Å². The fourth-order valence-electron chi connectivity index (χ4n) is 1.96. The summed E-state index contributed by atoms with van der Waals surface area (Å²) in [5.41, 5.74) is 0.387. The minimum atomic E-state index is -0.485. The highest BCUT2D eigenvalue weighted by Crippen LogP contribution is 2.23. The van der Waals surface area contributed by atoms with Crippen LogP contribution in [0.4, 0.5) is 10.1 Å². The summed E-state index contributed by atoms with van der Waals surface area (Å²) >= 11 is 1.19. The van der Waals surface area contributed by atoms with Gasteiger partial charge in [0.05, 0.1) is 11.9 Å². The number of anilines is 1. The molecule has 1 aromatic carbocycles. The highest BCUT2D eigenvalue weighted by molar-refractivity contribution is 8.00. The van der Waals surface area contributed by atoms with Crippen LogP contribution in [0.3, 0.4) is 0 Å². The minimum Gasteiger partial charge on any atom is -0.466 e. The summed E-state index contributed by atoms with van der Waals surface area (Å²) in [6.07, 6.45) is 0.0156. The molecule has 9 heteroatoms. The van der Waals surface area contributed by atoms with Crippen molar-refractivity contribution < 1.29 is 18.7 Å². The fourth-order valence-corrected chi connectivity index (χ4v) is 2.80. The second-order valence-corrected chi connectivity index (χ2v) is 6.51. The third-order valence-electron chi connectivity index (χ3n) is 3.28. The van der Waals surface area contributed by atoms with Crippen LogP contribution >= 0.6 is 11.8 Å². The van der Waals surface area contributed by atoms with E-state index in [0.717, 1.165) is 0 Å². The number of carbonyl (C=O) groups excluding carboxylic acids is 2. The first-order valence-corrected chi connectivity index (χ1v) is 8.55. The predicted octanol–water partition coefficient (Wildman–Crippen LogP) is 2.18. The number of nitrogens with one attached hydrogen (secondary N) is 1. The van der Waals surface area contributed by atoms with Crippen LogP contribution in [0.15, 0.2) is 29.4 Å². The molecule has 0 fully saturated rings. The molecule has 1 aromatic heterocycles. The van der Waals surface area contributed by atoms with Crippen LogP contribution < -0.4 is 5.32 Å². The van der Waals surface area contributed by atoms with E-state index < -0.39 is 11.1 Å². The Kier molecular flexibility index (Phi) is 6.51. The molecule has 0 aliphatic heterocycles. The SMILES string of the molecule is CCOC(=O)Cc1nnc(S[C@@H](C)C(=O)Nc2cccc(F)c2)n1C. The lowest BCUT2D eigenvalue weighted by molar-refractivity contribution is -0.142. The van der Waals surface area contributed by atoms with Gasteiger partial charge >= 0.3 is 5.97 Å². The largest absolute Gasteiger partial charge is 0.466 e. The lowest BCUT2D eigenvalue weighted by Gasteiger charge is -2.11. The van der Waals surface area contributed by atoms with Crippen LogP contribution in [0.5, 0.6) is 0 Å². The molecule has 2 rings (SSSR count). The number of amides is 1. The van der Waals surface area contributed by atoms with Crippen molar-refractivity contribution >= 4 is 29.3 Å². The van der Waals surface area contributed by atoms with Crippen LogP contribution in [-0.4, -0.2) is 38.5 Å². The third-order valence-corrected chi connectivity index (χ3v) is 4.41. The first-order valence-electron chi connectivity index (χ1n) is 7.67. The maximum Gasteiger partial charge on any atom is 0.313 e. The Balaban J connectivity index is 1.98. The van der Waals surface area contributed by atoms with Crippen LogP contribution in [0.2, 0.25) is 0 Å². The summed E-state index contributed by atoms with van der Waals surface area (Å²) < 4.78 is 19.7. The standard InChI is InChI=1S/C16H19FN4O3S/c1-4-24-14(22)9-13-19-20-16(21(13)3)25-10(2)15(23)18-12-7-5-6-11(17)8-12/h5-8,10H,4,9H2,1-3H3,(H,18,23)/t10-/m0/s1. The molecule has 0 aliphatic rings. The van der Waals surface area contributed by atoms with Gasteiger partial charge in [-0.3, -0.25) is 9.59 Å². The van der Waals surface area contributed by atoms with Crippen LogP contribution in [0, 0.1) is 5.82 Å². The number of halogens is 1. The summed E-state index contributed by atoms with van der Waals surface area (Å²) in [4.78, 5) is 23.8. The molecule has 0 saturated heterocycles. The van der Waals surface area contributed by atoms with Crippen LogP contribution in [0.25, 0.3) is 0 Å². The second-order valence-electron chi connectivity index (χ2n) is 5.20. The molecule has 0 spiro atoms. The van der Waals surface area contributed by atoms with Gasteiger partial charge in [0.2, 0.25) is 5.91 Å². The third kappa shape index (κ3) is 5.28. The Morgan fingerprint density at radius 3 is 2.84 bits per heavy atom. The number of esters is 1. The van der Waals surface area contributed by atoms with Gasteiger partial charge in [-0.1, -0.05) is 17.8 Å². The monoisotopic (exact) mass is 366 g/mol. The first-order chi connectivity index (χ1) is 11.9. The summed E-state index contributed by atoms with van der Waals surface area (Å²) in [5.74, 6) is -0.634. The lowest BCUT2D eigenvalue weighted by atomic mass is 10.3. The van der Waals surface area contributed by atoms with E-state index in [0.29, 0.717) is 23.3 Å². The van der Waals surface area contributed by atoms with Gasteiger partial charge in [-0.05, 0) is 32.0 Å². The number of benzene rings is 1.